The first-order valence-electron chi connectivity index (χ1n) is 8.34. The summed E-state index contributed by atoms with van der Waals surface area (Å²) in [5.41, 5.74) is 3.82. The van der Waals surface area contributed by atoms with E-state index in [2.05, 4.69) is 14.9 Å². The van der Waals surface area contributed by atoms with Crippen LogP contribution in [0.4, 0.5) is 0 Å². The highest BCUT2D eigenvalue weighted by atomic mass is 32.2. The quantitative estimate of drug-likeness (QED) is 0.690. The molecule has 7 heteroatoms. The number of nitrogens with one attached hydrogen (secondary N) is 1. The zero-order chi connectivity index (χ0) is 18.6. The maximum atomic E-state index is 12.2. The van der Waals surface area contributed by atoms with Gasteiger partial charge in [0.1, 0.15) is 0 Å². The molecule has 1 N–H and O–H groups in total. The summed E-state index contributed by atoms with van der Waals surface area (Å²) in [6.07, 6.45) is 0.339. The molecule has 0 atom stereocenters. The normalized spacial score (nSPS) is 11.6. The summed E-state index contributed by atoms with van der Waals surface area (Å²) in [5.74, 6) is 0.856. The van der Waals surface area contributed by atoms with Crippen molar-refractivity contribution in [3.8, 4) is 11.4 Å². The van der Waals surface area contributed by atoms with Crippen molar-refractivity contribution in [1.29, 1.82) is 0 Å². The van der Waals surface area contributed by atoms with Gasteiger partial charge in [0.05, 0.1) is 5.75 Å². The molecule has 3 aromatic rings. The first-order chi connectivity index (χ1) is 12.4. The van der Waals surface area contributed by atoms with Gasteiger partial charge in [-0.2, -0.15) is 4.98 Å². The largest absolute Gasteiger partial charge is 0.339 e. The molecule has 3 rings (SSSR count). The van der Waals surface area contributed by atoms with Crippen molar-refractivity contribution >= 4 is 10.0 Å². The van der Waals surface area contributed by atoms with Crippen molar-refractivity contribution in [2.24, 2.45) is 0 Å². The number of hydrogen-bond donors (Lipinski definition) is 1. The minimum Gasteiger partial charge on any atom is -0.339 e. The zero-order valence-electron chi connectivity index (χ0n) is 14.8. The van der Waals surface area contributed by atoms with Crippen LogP contribution in [0.25, 0.3) is 11.4 Å². The van der Waals surface area contributed by atoms with Crippen LogP contribution in [0, 0.1) is 13.8 Å². The Labute approximate surface area is 153 Å². The Bertz CT molecular complexity index is 979. The topological polar surface area (TPSA) is 85.1 Å². The molecule has 0 aliphatic rings. The molecule has 1 heterocycles. The second-order valence-corrected chi connectivity index (χ2v) is 8.08. The van der Waals surface area contributed by atoms with E-state index >= 15 is 0 Å². The van der Waals surface area contributed by atoms with Gasteiger partial charge in [0.15, 0.2) is 0 Å². The summed E-state index contributed by atoms with van der Waals surface area (Å²) in [4.78, 5) is 4.31. The van der Waals surface area contributed by atoms with Gasteiger partial charge in [0.25, 0.3) is 0 Å². The highest BCUT2D eigenvalue weighted by Crippen LogP contribution is 2.16. The summed E-state index contributed by atoms with van der Waals surface area (Å²) in [6.45, 7) is 4.16. The third-order valence-corrected chi connectivity index (χ3v) is 5.24. The average Bonchev–Trinajstić information content (AvgIpc) is 3.04. The highest BCUT2D eigenvalue weighted by Gasteiger charge is 2.13. The lowest BCUT2D eigenvalue weighted by Crippen LogP contribution is -2.27. The van der Waals surface area contributed by atoms with Crippen LogP contribution in [0.2, 0.25) is 0 Å². The van der Waals surface area contributed by atoms with E-state index in [1.807, 2.05) is 56.3 Å². The van der Waals surface area contributed by atoms with Crippen LogP contribution in [-0.4, -0.2) is 25.1 Å². The Morgan fingerprint density at radius 2 is 1.81 bits per heavy atom. The molecule has 0 spiro atoms. The number of aromatic nitrogens is 2. The Morgan fingerprint density at radius 1 is 1.04 bits per heavy atom. The standard InChI is InChI=1S/C19H21N3O3S/c1-14-6-8-17(9-7-14)19-21-18(25-22-19)10-11-20-26(23,24)13-16-5-3-4-15(2)12-16/h3-9,12,20H,10-11,13H2,1-2H3. The summed E-state index contributed by atoms with van der Waals surface area (Å²) in [5, 5.41) is 3.95. The molecule has 0 fully saturated rings. The number of rotatable bonds is 7. The van der Waals surface area contributed by atoms with Gasteiger partial charge in [-0.25, -0.2) is 13.1 Å². The number of hydrogen-bond acceptors (Lipinski definition) is 5. The molecule has 0 amide bonds. The van der Waals surface area contributed by atoms with Crippen molar-refractivity contribution < 1.29 is 12.9 Å². The van der Waals surface area contributed by atoms with Crippen LogP contribution in [-0.2, 0) is 22.2 Å². The van der Waals surface area contributed by atoms with Gasteiger partial charge in [0, 0.05) is 18.5 Å². The molecule has 0 saturated heterocycles. The summed E-state index contributed by atoms with van der Waals surface area (Å²) in [7, 11) is -3.41. The van der Waals surface area contributed by atoms with Gasteiger partial charge in [-0.3, -0.25) is 0 Å². The lowest BCUT2D eigenvalue weighted by molar-refractivity contribution is 0.379. The van der Waals surface area contributed by atoms with Crippen LogP contribution < -0.4 is 4.72 Å². The van der Waals surface area contributed by atoms with E-state index < -0.39 is 10.0 Å². The SMILES string of the molecule is Cc1ccc(-c2noc(CCNS(=O)(=O)Cc3cccc(C)c3)n2)cc1. The second kappa shape index (κ2) is 7.80. The van der Waals surface area contributed by atoms with Gasteiger partial charge in [-0.05, 0) is 19.4 Å². The minimum absolute atomic E-state index is 0.0485. The second-order valence-electron chi connectivity index (χ2n) is 6.27. The molecule has 2 aromatic carbocycles. The molecule has 1 aromatic heterocycles. The van der Waals surface area contributed by atoms with Gasteiger partial charge in [-0.1, -0.05) is 64.8 Å². The van der Waals surface area contributed by atoms with Crippen molar-refractivity contribution in [3.63, 3.8) is 0 Å². The van der Waals surface area contributed by atoms with E-state index in [0.29, 0.717) is 18.1 Å². The molecule has 136 valence electrons. The Kier molecular flexibility index (Phi) is 5.49. The molecular formula is C19H21N3O3S. The monoisotopic (exact) mass is 371 g/mol. The minimum atomic E-state index is -3.41. The molecule has 0 unspecified atom stereocenters. The smallest absolute Gasteiger partial charge is 0.228 e. The van der Waals surface area contributed by atoms with Gasteiger partial charge in [-0.15, -0.1) is 0 Å². The lowest BCUT2D eigenvalue weighted by Gasteiger charge is -2.06. The number of benzene rings is 2. The van der Waals surface area contributed by atoms with Crippen molar-refractivity contribution in [2.75, 3.05) is 6.54 Å². The molecule has 0 aliphatic carbocycles. The molecule has 0 radical (unpaired) electrons. The zero-order valence-corrected chi connectivity index (χ0v) is 15.6. The van der Waals surface area contributed by atoms with Crippen molar-refractivity contribution in [3.05, 3.63) is 71.1 Å². The van der Waals surface area contributed by atoms with Crippen LogP contribution in [0.1, 0.15) is 22.6 Å². The molecular weight excluding hydrogens is 350 g/mol. The van der Waals surface area contributed by atoms with E-state index in [1.54, 1.807) is 6.07 Å². The van der Waals surface area contributed by atoms with E-state index in [-0.39, 0.29) is 12.3 Å². The summed E-state index contributed by atoms with van der Waals surface area (Å²) >= 11 is 0. The maximum absolute atomic E-state index is 12.2. The van der Waals surface area contributed by atoms with Crippen LogP contribution in [0.3, 0.4) is 0 Å². The first-order valence-corrected chi connectivity index (χ1v) is 9.99. The van der Waals surface area contributed by atoms with Crippen molar-refractivity contribution in [1.82, 2.24) is 14.9 Å². The Hall–Kier alpha value is -2.51. The highest BCUT2D eigenvalue weighted by molar-refractivity contribution is 7.88. The molecule has 26 heavy (non-hydrogen) atoms. The van der Waals surface area contributed by atoms with E-state index in [0.717, 1.165) is 22.3 Å². The predicted molar refractivity (Wildman–Crippen MR) is 100.0 cm³/mol. The maximum Gasteiger partial charge on any atom is 0.228 e. The first kappa shape index (κ1) is 18.3. The molecule has 0 bridgehead atoms. The fraction of sp³-hybridized carbons (Fsp3) is 0.263. The van der Waals surface area contributed by atoms with E-state index in [1.165, 1.54) is 0 Å². The summed E-state index contributed by atoms with van der Waals surface area (Å²) < 4.78 is 32.1. The summed E-state index contributed by atoms with van der Waals surface area (Å²) in [6, 6.07) is 15.3. The lowest BCUT2D eigenvalue weighted by atomic mass is 10.1. The molecule has 6 nitrogen and oxygen atoms in total. The Morgan fingerprint density at radius 3 is 2.54 bits per heavy atom. The van der Waals surface area contributed by atoms with Crippen LogP contribution in [0.5, 0.6) is 0 Å². The van der Waals surface area contributed by atoms with Gasteiger partial charge in [0.2, 0.25) is 21.7 Å². The van der Waals surface area contributed by atoms with Gasteiger partial charge < -0.3 is 4.52 Å². The Balaban J connectivity index is 1.55. The number of sulfonamides is 1. The number of nitrogens with zero attached hydrogens (tertiary/aromatic N) is 2. The van der Waals surface area contributed by atoms with Gasteiger partial charge >= 0.3 is 0 Å². The van der Waals surface area contributed by atoms with Crippen molar-refractivity contribution in [2.45, 2.75) is 26.0 Å². The molecule has 0 saturated carbocycles. The molecule has 0 aliphatic heterocycles. The van der Waals surface area contributed by atoms with E-state index in [4.69, 9.17) is 4.52 Å². The fourth-order valence-corrected chi connectivity index (χ4v) is 3.70. The third-order valence-electron chi connectivity index (χ3n) is 3.88. The van der Waals surface area contributed by atoms with Crippen LogP contribution in [0.15, 0.2) is 53.1 Å². The predicted octanol–water partition coefficient (Wildman–Crippen LogP) is 3.02. The average molecular weight is 371 g/mol. The van der Waals surface area contributed by atoms with Crippen LogP contribution >= 0.6 is 0 Å². The third kappa shape index (κ3) is 5.00. The van der Waals surface area contributed by atoms with E-state index in [9.17, 15) is 8.42 Å². The fourth-order valence-electron chi connectivity index (χ4n) is 2.56. The number of aryl methyl sites for hydroxylation is 2.